The lowest BCUT2D eigenvalue weighted by Gasteiger charge is -2.23. The number of amides is 2. The molecule has 5 heteroatoms. The van der Waals surface area contributed by atoms with Gasteiger partial charge in [-0.15, -0.1) is 0 Å². The number of alkyl carbamates (subject to hydrolysis) is 1. The summed E-state index contributed by atoms with van der Waals surface area (Å²) in [5, 5.41) is 2.66. The van der Waals surface area contributed by atoms with Crippen LogP contribution in [0.2, 0.25) is 0 Å². The fourth-order valence-corrected chi connectivity index (χ4v) is 1.96. The monoisotopic (exact) mass is 306 g/mol. The first-order valence-corrected chi connectivity index (χ1v) is 7.57. The van der Waals surface area contributed by atoms with Crippen LogP contribution < -0.4 is 10.2 Å². The fraction of sp³-hybridized carbons (Fsp3) is 0.529. The summed E-state index contributed by atoms with van der Waals surface area (Å²) < 4.78 is 5.16. The second-order valence-electron chi connectivity index (χ2n) is 6.12. The van der Waals surface area contributed by atoms with E-state index in [1.165, 1.54) is 12.5 Å². The normalized spacial score (nSPS) is 11.0. The molecular weight excluding hydrogens is 280 g/mol. The van der Waals surface area contributed by atoms with E-state index in [1.54, 1.807) is 4.90 Å². The third-order valence-electron chi connectivity index (χ3n) is 3.04. The molecule has 2 amide bonds. The van der Waals surface area contributed by atoms with E-state index in [4.69, 9.17) is 4.74 Å². The van der Waals surface area contributed by atoms with Gasteiger partial charge in [-0.25, -0.2) is 4.79 Å². The molecule has 0 spiro atoms. The molecular formula is C17H26N2O3. The Labute approximate surface area is 132 Å². The zero-order valence-electron chi connectivity index (χ0n) is 14.1. The molecule has 1 rings (SSSR count). The summed E-state index contributed by atoms with van der Waals surface area (Å²) in [5.74, 6) is -0.0600. The van der Waals surface area contributed by atoms with Crippen molar-refractivity contribution >= 4 is 17.7 Å². The molecule has 0 aliphatic rings. The molecule has 0 bridgehead atoms. The number of hydrogen-bond donors (Lipinski definition) is 1. The standard InChI is InChI=1S/C17H26N2O3/c1-6-14-7-9-15(10-8-14)19(13(2)20)12-11-18-16(21)22-17(3,4)5/h7-10H,6,11-12H2,1-5H3,(H,18,21). The van der Waals surface area contributed by atoms with Crippen LogP contribution in [0.3, 0.4) is 0 Å². The first-order valence-electron chi connectivity index (χ1n) is 7.57. The van der Waals surface area contributed by atoms with Crippen LogP contribution in [0.15, 0.2) is 24.3 Å². The highest BCUT2D eigenvalue weighted by molar-refractivity contribution is 5.91. The molecule has 0 aliphatic carbocycles. The van der Waals surface area contributed by atoms with Gasteiger partial charge in [0, 0.05) is 25.7 Å². The SMILES string of the molecule is CCc1ccc(N(CCNC(=O)OC(C)(C)C)C(C)=O)cc1. The van der Waals surface area contributed by atoms with Crippen molar-refractivity contribution < 1.29 is 14.3 Å². The molecule has 0 heterocycles. The average Bonchev–Trinajstić information content (AvgIpc) is 2.41. The third-order valence-corrected chi connectivity index (χ3v) is 3.04. The highest BCUT2D eigenvalue weighted by atomic mass is 16.6. The van der Waals surface area contributed by atoms with Crippen LogP contribution >= 0.6 is 0 Å². The lowest BCUT2D eigenvalue weighted by molar-refractivity contribution is -0.116. The predicted molar refractivity (Wildman–Crippen MR) is 88.1 cm³/mol. The van der Waals surface area contributed by atoms with Gasteiger partial charge in [-0.3, -0.25) is 4.79 Å². The molecule has 1 N–H and O–H groups in total. The van der Waals surface area contributed by atoms with E-state index in [9.17, 15) is 9.59 Å². The van der Waals surface area contributed by atoms with Crippen LogP contribution in [0.25, 0.3) is 0 Å². The number of aryl methyl sites for hydroxylation is 1. The first kappa shape index (κ1) is 18.0. The fourth-order valence-electron chi connectivity index (χ4n) is 1.96. The van der Waals surface area contributed by atoms with Gasteiger partial charge in [0.25, 0.3) is 0 Å². The molecule has 0 aliphatic heterocycles. The number of rotatable bonds is 5. The zero-order valence-corrected chi connectivity index (χ0v) is 14.1. The van der Waals surface area contributed by atoms with Crippen molar-refractivity contribution in [2.45, 2.75) is 46.6 Å². The quantitative estimate of drug-likeness (QED) is 0.909. The van der Waals surface area contributed by atoms with Gasteiger partial charge in [-0.1, -0.05) is 19.1 Å². The molecule has 0 radical (unpaired) electrons. The van der Waals surface area contributed by atoms with Crippen molar-refractivity contribution in [1.82, 2.24) is 5.32 Å². The number of hydrogen-bond acceptors (Lipinski definition) is 3. The van der Waals surface area contributed by atoms with E-state index < -0.39 is 11.7 Å². The Morgan fingerprint density at radius 3 is 2.23 bits per heavy atom. The van der Waals surface area contributed by atoms with Gasteiger partial charge in [0.2, 0.25) is 5.91 Å². The predicted octanol–water partition coefficient (Wildman–Crippen LogP) is 3.13. The van der Waals surface area contributed by atoms with Crippen LogP contribution in [-0.4, -0.2) is 30.7 Å². The number of ether oxygens (including phenoxy) is 1. The summed E-state index contributed by atoms with van der Waals surface area (Å²) in [6.07, 6.45) is 0.484. The Morgan fingerprint density at radius 1 is 1.18 bits per heavy atom. The van der Waals surface area contributed by atoms with Gasteiger partial charge in [-0.05, 0) is 44.9 Å². The summed E-state index contributed by atoms with van der Waals surface area (Å²) in [4.78, 5) is 25.0. The second-order valence-corrected chi connectivity index (χ2v) is 6.12. The molecule has 0 aromatic heterocycles. The van der Waals surface area contributed by atoms with E-state index in [0.717, 1.165) is 12.1 Å². The molecule has 122 valence electrons. The highest BCUT2D eigenvalue weighted by Crippen LogP contribution is 2.15. The van der Waals surface area contributed by atoms with E-state index in [1.807, 2.05) is 45.0 Å². The van der Waals surface area contributed by atoms with Gasteiger partial charge < -0.3 is 15.0 Å². The Bertz CT molecular complexity index is 504. The van der Waals surface area contributed by atoms with E-state index in [-0.39, 0.29) is 5.91 Å². The molecule has 22 heavy (non-hydrogen) atoms. The van der Waals surface area contributed by atoms with Crippen molar-refractivity contribution in [3.63, 3.8) is 0 Å². The van der Waals surface area contributed by atoms with Crippen LogP contribution in [0, 0.1) is 0 Å². The largest absolute Gasteiger partial charge is 0.444 e. The summed E-state index contributed by atoms with van der Waals surface area (Å²) in [6.45, 7) is 9.77. The number of benzene rings is 1. The summed E-state index contributed by atoms with van der Waals surface area (Å²) in [6, 6.07) is 7.86. The summed E-state index contributed by atoms with van der Waals surface area (Å²) in [7, 11) is 0. The second kappa shape index (κ2) is 7.82. The number of nitrogens with zero attached hydrogens (tertiary/aromatic N) is 1. The maximum absolute atomic E-state index is 11.8. The molecule has 1 aromatic carbocycles. The lowest BCUT2D eigenvalue weighted by Crippen LogP contribution is -2.39. The van der Waals surface area contributed by atoms with Crippen LogP contribution in [-0.2, 0) is 16.0 Å². The molecule has 0 atom stereocenters. The van der Waals surface area contributed by atoms with Crippen molar-refractivity contribution in [2.75, 3.05) is 18.0 Å². The van der Waals surface area contributed by atoms with Gasteiger partial charge in [0.1, 0.15) is 5.60 Å². The molecule has 1 aromatic rings. The topological polar surface area (TPSA) is 58.6 Å². The lowest BCUT2D eigenvalue weighted by atomic mass is 10.1. The first-order chi connectivity index (χ1) is 10.2. The van der Waals surface area contributed by atoms with Crippen LogP contribution in [0.5, 0.6) is 0 Å². The highest BCUT2D eigenvalue weighted by Gasteiger charge is 2.16. The number of carbonyl (C=O) groups excluding carboxylic acids is 2. The molecule has 5 nitrogen and oxygen atoms in total. The molecule has 0 saturated heterocycles. The summed E-state index contributed by atoms with van der Waals surface area (Å²) in [5.41, 5.74) is 1.52. The number of anilines is 1. The maximum atomic E-state index is 11.8. The van der Waals surface area contributed by atoms with E-state index >= 15 is 0 Å². The number of carbonyl (C=O) groups is 2. The minimum absolute atomic E-state index is 0.0600. The minimum Gasteiger partial charge on any atom is -0.444 e. The smallest absolute Gasteiger partial charge is 0.407 e. The van der Waals surface area contributed by atoms with Crippen molar-refractivity contribution in [3.05, 3.63) is 29.8 Å². The Balaban J connectivity index is 2.58. The van der Waals surface area contributed by atoms with E-state index in [2.05, 4.69) is 12.2 Å². The van der Waals surface area contributed by atoms with Gasteiger partial charge in [0.15, 0.2) is 0 Å². The zero-order chi connectivity index (χ0) is 16.8. The van der Waals surface area contributed by atoms with E-state index in [0.29, 0.717) is 13.1 Å². The third kappa shape index (κ3) is 6.16. The van der Waals surface area contributed by atoms with Crippen molar-refractivity contribution in [2.24, 2.45) is 0 Å². The minimum atomic E-state index is -0.527. The molecule has 0 unspecified atom stereocenters. The maximum Gasteiger partial charge on any atom is 0.407 e. The molecule has 0 saturated carbocycles. The van der Waals surface area contributed by atoms with Crippen LogP contribution in [0.1, 0.15) is 40.2 Å². The van der Waals surface area contributed by atoms with Gasteiger partial charge in [-0.2, -0.15) is 0 Å². The van der Waals surface area contributed by atoms with Crippen molar-refractivity contribution in [3.8, 4) is 0 Å². The number of nitrogens with one attached hydrogen (secondary N) is 1. The van der Waals surface area contributed by atoms with Gasteiger partial charge in [0.05, 0.1) is 0 Å². The van der Waals surface area contributed by atoms with Gasteiger partial charge >= 0.3 is 6.09 Å². The average molecular weight is 306 g/mol. The summed E-state index contributed by atoms with van der Waals surface area (Å²) >= 11 is 0. The Morgan fingerprint density at radius 2 is 1.77 bits per heavy atom. The Hall–Kier alpha value is -2.04. The molecule has 0 fully saturated rings. The van der Waals surface area contributed by atoms with Crippen molar-refractivity contribution in [1.29, 1.82) is 0 Å². The Kier molecular flexibility index (Phi) is 6.40. The van der Waals surface area contributed by atoms with Crippen LogP contribution in [0.4, 0.5) is 10.5 Å².